The van der Waals surface area contributed by atoms with Crippen molar-refractivity contribution in [2.75, 3.05) is 0 Å². The van der Waals surface area contributed by atoms with Crippen LogP contribution in [0.25, 0.3) is 5.69 Å². The lowest BCUT2D eigenvalue weighted by Gasteiger charge is -2.08. The number of carboxylic acids is 1. The maximum absolute atomic E-state index is 11.0. The predicted octanol–water partition coefficient (Wildman–Crippen LogP) is 3.59. The lowest BCUT2D eigenvalue weighted by molar-refractivity contribution is 0.0688. The molecule has 0 saturated heterocycles. The number of halogens is 2. The van der Waals surface area contributed by atoms with E-state index in [-0.39, 0.29) is 5.69 Å². The molecule has 5 heteroatoms. The minimum absolute atomic E-state index is 0.211. The van der Waals surface area contributed by atoms with Gasteiger partial charge in [-0.1, -0.05) is 11.6 Å². The highest BCUT2D eigenvalue weighted by Gasteiger charge is 2.12. The number of hydrogen-bond acceptors (Lipinski definition) is 1. The molecule has 1 heterocycles. The summed E-state index contributed by atoms with van der Waals surface area (Å²) >= 11 is 9.18. The van der Waals surface area contributed by atoms with E-state index >= 15 is 0 Å². The molecule has 0 spiro atoms. The molecular formula is C11H7BrClNO2. The molecule has 82 valence electrons. The highest BCUT2D eigenvalue weighted by molar-refractivity contribution is 9.10. The fourth-order valence-corrected chi connectivity index (χ4v) is 2.32. The van der Waals surface area contributed by atoms with Crippen molar-refractivity contribution in [1.82, 2.24) is 4.57 Å². The van der Waals surface area contributed by atoms with Gasteiger partial charge in [0, 0.05) is 15.7 Å². The maximum atomic E-state index is 11.0. The molecule has 2 rings (SSSR count). The highest BCUT2D eigenvalue weighted by atomic mass is 79.9. The van der Waals surface area contributed by atoms with Crippen molar-refractivity contribution < 1.29 is 9.90 Å². The Hall–Kier alpha value is -1.26. The van der Waals surface area contributed by atoms with Crippen molar-refractivity contribution >= 4 is 33.5 Å². The number of rotatable bonds is 2. The minimum atomic E-state index is -0.966. The van der Waals surface area contributed by atoms with Crippen LogP contribution < -0.4 is 0 Å². The third kappa shape index (κ3) is 1.99. The van der Waals surface area contributed by atoms with Crippen LogP contribution in [-0.4, -0.2) is 15.6 Å². The summed E-state index contributed by atoms with van der Waals surface area (Å²) < 4.78 is 2.33. The Morgan fingerprint density at radius 1 is 1.38 bits per heavy atom. The van der Waals surface area contributed by atoms with Crippen LogP contribution in [0, 0.1) is 0 Å². The summed E-state index contributed by atoms with van der Waals surface area (Å²) in [5, 5.41) is 9.60. The first-order valence-corrected chi connectivity index (χ1v) is 5.63. The minimum Gasteiger partial charge on any atom is -0.477 e. The zero-order chi connectivity index (χ0) is 11.7. The van der Waals surface area contributed by atoms with Crippen LogP contribution in [-0.2, 0) is 0 Å². The van der Waals surface area contributed by atoms with Crippen molar-refractivity contribution in [3.63, 3.8) is 0 Å². The highest BCUT2D eigenvalue weighted by Crippen LogP contribution is 2.26. The summed E-state index contributed by atoms with van der Waals surface area (Å²) in [5.74, 6) is -0.966. The van der Waals surface area contributed by atoms with E-state index in [1.54, 1.807) is 41.1 Å². The number of benzene rings is 1. The Balaban J connectivity index is 2.59. The summed E-state index contributed by atoms with van der Waals surface area (Å²) in [6, 6.07) is 8.43. The molecule has 0 unspecified atom stereocenters. The molecule has 3 nitrogen and oxygen atoms in total. The third-order valence-corrected chi connectivity index (χ3v) is 3.01. The van der Waals surface area contributed by atoms with E-state index in [9.17, 15) is 4.79 Å². The third-order valence-electron chi connectivity index (χ3n) is 2.14. The Bertz CT molecular complexity index is 551. The van der Waals surface area contributed by atoms with Gasteiger partial charge < -0.3 is 9.67 Å². The predicted molar refractivity (Wildman–Crippen MR) is 65.4 cm³/mol. The van der Waals surface area contributed by atoms with E-state index < -0.39 is 5.97 Å². The summed E-state index contributed by atoms with van der Waals surface area (Å²) in [6.45, 7) is 0. The first-order valence-electron chi connectivity index (χ1n) is 4.45. The average Bonchev–Trinajstić information content (AvgIpc) is 2.66. The van der Waals surface area contributed by atoms with Crippen LogP contribution in [0.5, 0.6) is 0 Å². The van der Waals surface area contributed by atoms with Gasteiger partial charge in [-0.2, -0.15) is 0 Å². The van der Waals surface area contributed by atoms with Gasteiger partial charge >= 0.3 is 5.97 Å². The SMILES string of the molecule is O=C(O)c1cccn1-c1ccc(Cl)cc1Br. The van der Waals surface area contributed by atoms with E-state index in [0.717, 1.165) is 10.2 Å². The standard InChI is InChI=1S/C11H7BrClNO2/c12-8-6-7(13)3-4-9(8)14-5-1-2-10(14)11(15)16/h1-6H,(H,15,16). The Morgan fingerprint density at radius 3 is 2.75 bits per heavy atom. The molecule has 0 radical (unpaired) electrons. The second-order valence-electron chi connectivity index (χ2n) is 3.16. The van der Waals surface area contributed by atoms with E-state index in [1.165, 1.54) is 0 Å². The van der Waals surface area contributed by atoms with Crippen LogP contribution in [0.15, 0.2) is 41.0 Å². The normalized spacial score (nSPS) is 10.4. The number of carboxylic acid groups (broad SMARTS) is 1. The first kappa shape index (κ1) is 11.2. The van der Waals surface area contributed by atoms with Crippen molar-refractivity contribution in [1.29, 1.82) is 0 Å². The second-order valence-corrected chi connectivity index (χ2v) is 4.46. The maximum Gasteiger partial charge on any atom is 0.352 e. The monoisotopic (exact) mass is 299 g/mol. The molecule has 0 aliphatic carbocycles. The van der Waals surface area contributed by atoms with Crippen molar-refractivity contribution in [2.45, 2.75) is 0 Å². The van der Waals surface area contributed by atoms with E-state index in [0.29, 0.717) is 5.02 Å². The summed E-state index contributed by atoms with van der Waals surface area (Å²) in [4.78, 5) is 11.0. The number of carbonyl (C=O) groups is 1. The second kappa shape index (κ2) is 4.31. The van der Waals surface area contributed by atoms with Gasteiger partial charge in [0.1, 0.15) is 5.69 Å². The molecule has 0 fully saturated rings. The van der Waals surface area contributed by atoms with E-state index in [1.807, 2.05) is 0 Å². The molecule has 0 aliphatic rings. The van der Waals surface area contributed by atoms with Gasteiger partial charge in [0.15, 0.2) is 0 Å². The van der Waals surface area contributed by atoms with Crippen LogP contribution in [0.1, 0.15) is 10.5 Å². The average molecular weight is 301 g/mol. The van der Waals surface area contributed by atoms with Gasteiger partial charge in [-0.15, -0.1) is 0 Å². The fraction of sp³-hybridized carbons (Fsp3) is 0. The molecular weight excluding hydrogens is 293 g/mol. The van der Waals surface area contributed by atoms with Crippen molar-refractivity contribution in [2.24, 2.45) is 0 Å². The van der Waals surface area contributed by atoms with Crippen molar-refractivity contribution in [3.8, 4) is 5.69 Å². The molecule has 0 amide bonds. The van der Waals surface area contributed by atoms with Gasteiger partial charge in [0.05, 0.1) is 5.69 Å². The Morgan fingerprint density at radius 2 is 2.12 bits per heavy atom. The lowest BCUT2D eigenvalue weighted by atomic mass is 10.3. The Kier molecular flexibility index (Phi) is 3.03. The quantitative estimate of drug-likeness (QED) is 0.921. The zero-order valence-electron chi connectivity index (χ0n) is 8.02. The number of hydrogen-bond donors (Lipinski definition) is 1. The fourth-order valence-electron chi connectivity index (χ4n) is 1.44. The van der Waals surface area contributed by atoms with Crippen LogP contribution in [0.3, 0.4) is 0 Å². The number of aromatic nitrogens is 1. The number of aromatic carboxylic acids is 1. The summed E-state index contributed by atoms with van der Waals surface area (Å²) in [5.41, 5.74) is 0.954. The molecule has 0 bridgehead atoms. The van der Waals surface area contributed by atoms with Crippen LogP contribution in [0.4, 0.5) is 0 Å². The number of nitrogens with zero attached hydrogens (tertiary/aromatic N) is 1. The van der Waals surface area contributed by atoms with Gasteiger partial charge in [0.25, 0.3) is 0 Å². The van der Waals surface area contributed by atoms with Crippen molar-refractivity contribution in [3.05, 3.63) is 51.7 Å². The van der Waals surface area contributed by atoms with Gasteiger partial charge in [-0.3, -0.25) is 0 Å². The molecule has 1 aromatic heterocycles. The topological polar surface area (TPSA) is 42.2 Å². The van der Waals surface area contributed by atoms with Gasteiger partial charge in [-0.25, -0.2) is 4.79 Å². The van der Waals surface area contributed by atoms with Gasteiger partial charge in [-0.05, 0) is 46.3 Å². The molecule has 0 atom stereocenters. The molecule has 1 aromatic carbocycles. The summed E-state index contributed by atoms with van der Waals surface area (Å²) in [6.07, 6.45) is 1.69. The van der Waals surface area contributed by atoms with Crippen LogP contribution >= 0.6 is 27.5 Å². The first-order chi connectivity index (χ1) is 7.59. The smallest absolute Gasteiger partial charge is 0.352 e. The summed E-state index contributed by atoms with van der Waals surface area (Å²) in [7, 11) is 0. The van der Waals surface area contributed by atoms with E-state index in [4.69, 9.17) is 16.7 Å². The largest absolute Gasteiger partial charge is 0.477 e. The van der Waals surface area contributed by atoms with E-state index in [2.05, 4.69) is 15.9 Å². The van der Waals surface area contributed by atoms with Crippen LogP contribution in [0.2, 0.25) is 5.02 Å². The Labute approximate surface area is 105 Å². The molecule has 0 aliphatic heterocycles. The lowest BCUT2D eigenvalue weighted by Crippen LogP contribution is -2.05. The molecule has 2 aromatic rings. The molecule has 16 heavy (non-hydrogen) atoms. The zero-order valence-corrected chi connectivity index (χ0v) is 10.4. The molecule has 1 N–H and O–H groups in total. The molecule has 0 saturated carbocycles. The van der Waals surface area contributed by atoms with Gasteiger partial charge in [0.2, 0.25) is 0 Å².